The molecule has 3 heterocycles. The van der Waals surface area contributed by atoms with E-state index in [9.17, 15) is 4.79 Å². The van der Waals surface area contributed by atoms with Crippen molar-refractivity contribution >= 4 is 17.2 Å². The quantitative estimate of drug-likeness (QED) is 0.869. The highest BCUT2D eigenvalue weighted by Crippen LogP contribution is 2.28. The van der Waals surface area contributed by atoms with Gasteiger partial charge in [-0.2, -0.15) is 0 Å². The molecule has 0 aliphatic carbocycles. The molecule has 5 heteroatoms. The summed E-state index contributed by atoms with van der Waals surface area (Å²) in [5.41, 5.74) is 3.02. The Morgan fingerprint density at radius 3 is 3.35 bits per heavy atom. The van der Waals surface area contributed by atoms with Gasteiger partial charge < -0.3 is 10.2 Å². The van der Waals surface area contributed by atoms with Crippen LogP contribution in [0.3, 0.4) is 0 Å². The number of thiazole rings is 1. The summed E-state index contributed by atoms with van der Waals surface area (Å²) in [5, 5.41) is 5.61. The first-order valence-corrected chi connectivity index (χ1v) is 7.19. The van der Waals surface area contributed by atoms with Gasteiger partial charge in [-0.3, -0.25) is 4.79 Å². The summed E-state index contributed by atoms with van der Waals surface area (Å²) in [7, 11) is 0. The second-order valence-corrected chi connectivity index (χ2v) is 5.51. The van der Waals surface area contributed by atoms with E-state index in [4.69, 9.17) is 0 Å². The molecule has 92 valence electrons. The molecule has 2 aliphatic rings. The third-order valence-electron chi connectivity index (χ3n) is 3.75. The van der Waals surface area contributed by atoms with Crippen LogP contribution < -0.4 is 5.32 Å². The third kappa shape index (κ3) is 2.21. The van der Waals surface area contributed by atoms with Crippen LogP contribution >= 0.6 is 11.3 Å². The van der Waals surface area contributed by atoms with Crippen molar-refractivity contribution < 1.29 is 4.79 Å². The molecule has 0 saturated carbocycles. The lowest BCUT2D eigenvalue weighted by molar-refractivity contribution is -0.127. The molecular weight excluding hydrogens is 234 g/mol. The highest BCUT2D eigenvalue weighted by atomic mass is 32.1. The first-order valence-electron chi connectivity index (χ1n) is 6.24. The topological polar surface area (TPSA) is 45.2 Å². The minimum atomic E-state index is 0.332. The van der Waals surface area contributed by atoms with E-state index in [1.807, 2.05) is 5.51 Å². The van der Waals surface area contributed by atoms with E-state index in [1.165, 1.54) is 12.8 Å². The third-order valence-corrected chi connectivity index (χ3v) is 4.38. The largest absolute Gasteiger partial charge is 0.338 e. The number of aromatic nitrogens is 1. The number of hydrogen-bond donors (Lipinski definition) is 1. The summed E-state index contributed by atoms with van der Waals surface area (Å²) in [6, 6.07) is 0.821. The number of hydrogen-bond acceptors (Lipinski definition) is 4. The highest BCUT2D eigenvalue weighted by Gasteiger charge is 2.41. The van der Waals surface area contributed by atoms with E-state index in [-0.39, 0.29) is 0 Å². The average Bonchev–Trinajstić information content (AvgIpc) is 3.01. The Balaban J connectivity index is 1.51. The Hall–Kier alpha value is -0.940. The van der Waals surface area contributed by atoms with Gasteiger partial charge in [0.1, 0.15) is 0 Å². The number of carbonyl (C=O) groups excluding carboxylic acids is 1. The van der Waals surface area contributed by atoms with Crippen LogP contribution in [0.5, 0.6) is 0 Å². The number of fused-ring (bicyclic) bond motifs is 1. The molecule has 2 aliphatic heterocycles. The van der Waals surface area contributed by atoms with E-state index < -0.39 is 0 Å². The monoisotopic (exact) mass is 251 g/mol. The Bertz CT molecular complexity index is 392. The SMILES string of the molecule is O=C1CC(NCCc2cscn2)C2CCCN12. The molecular formula is C12H17N3OS. The minimum Gasteiger partial charge on any atom is -0.338 e. The van der Waals surface area contributed by atoms with Gasteiger partial charge in [0.15, 0.2) is 0 Å². The van der Waals surface area contributed by atoms with Crippen molar-refractivity contribution in [2.75, 3.05) is 13.1 Å². The summed E-state index contributed by atoms with van der Waals surface area (Å²) < 4.78 is 0. The van der Waals surface area contributed by atoms with Crippen LogP contribution in [0.4, 0.5) is 0 Å². The molecule has 17 heavy (non-hydrogen) atoms. The van der Waals surface area contributed by atoms with Crippen molar-refractivity contribution in [3.63, 3.8) is 0 Å². The van der Waals surface area contributed by atoms with Gasteiger partial charge in [-0.15, -0.1) is 11.3 Å². The number of nitrogens with one attached hydrogen (secondary N) is 1. The van der Waals surface area contributed by atoms with E-state index in [1.54, 1.807) is 11.3 Å². The van der Waals surface area contributed by atoms with Gasteiger partial charge in [-0.05, 0) is 12.8 Å². The average molecular weight is 251 g/mol. The molecule has 3 rings (SSSR count). The Morgan fingerprint density at radius 1 is 1.59 bits per heavy atom. The standard InChI is InChI=1S/C12H17N3OS/c16-12-6-10(11-2-1-5-15(11)12)13-4-3-9-7-17-8-14-9/h7-8,10-11,13H,1-6H2. The van der Waals surface area contributed by atoms with Gasteiger partial charge in [0.05, 0.1) is 11.2 Å². The van der Waals surface area contributed by atoms with E-state index >= 15 is 0 Å². The second kappa shape index (κ2) is 4.74. The summed E-state index contributed by atoms with van der Waals surface area (Å²) in [6.45, 7) is 1.89. The van der Waals surface area contributed by atoms with Crippen molar-refractivity contribution in [3.05, 3.63) is 16.6 Å². The first-order chi connectivity index (χ1) is 8.34. The molecule has 0 bridgehead atoms. The zero-order chi connectivity index (χ0) is 11.7. The van der Waals surface area contributed by atoms with Crippen LogP contribution in [0.1, 0.15) is 25.0 Å². The van der Waals surface area contributed by atoms with Crippen LogP contribution in [0.25, 0.3) is 0 Å². The molecule has 1 amide bonds. The van der Waals surface area contributed by atoms with Gasteiger partial charge in [0, 0.05) is 43.4 Å². The van der Waals surface area contributed by atoms with Gasteiger partial charge in [-0.25, -0.2) is 4.98 Å². The normalized spacial score (nSPS) is 27.8. The molecule has 1 N–H and O–H groups in total. The Morgan fingerprint density at radius 2 is 2.53 bits per heavy atom. The molecule has 2 atom stereocenters. The van der Waals surface area contributed by atoms with Crippen molar-refractivity contribution in [1.29, 1.82) is 0 Å². The number of amides is 1. The van der Waals surface area contributed by atoms with Crippen LogP contribution in [-0.2, 0) is 11.2 Å². The number of rotatable bonds is 4. The maximum Gasteiger partial charge on any atom is 0.224 e. The van der Waals surface area contributed by atoms with Crippen molar-refractivity contribution in [3.8, 4) is 0 Å². The minimum absolute atomic E-state index is 0.332. The van der Waals surface area contributed by atoms with E-state index in [0.29, 0.717) is 24.4 Å². The molecule has 2 unspecified atom stereocenters. The summed E-state index contributed by atoms with van der Waals surface area (Å²) >= 11 is 1.64. The number of carbonyl (C=O) groups is 1. The molecule has 1 aromatic heterocycles. The smallest absolute Gasteiger partial charge is 0.224 e. The van der Waals surface area contributed by atoms with Gasteiger partial charge in [0.25, 0.3) is 0 Å². The molecule has 2 fully saturated rings. The Kier molecular flexibility index (Phi) is 3.11. The van der Waals surface area contributed by atoms with Gasteiger partial charge in [-0.1, -0.05) is 0 Å². The highest BCUT2D eigenvalue weighted by molar-refractivity contribution is 7.07. The Labute approximate surface area is 105 Å². The zero-order valence-corrected chi connectivity index (χ0v) is 10.6. The fourth-order valence-electron chi connectivity index (χ4n) is 2.92. The molecule has 0 radical (unpaired) electrons. The lowest BCUT2D eigenvalue weighted by Gasteiger charge is -2.20. The van der Waals surface area contributed by atoms with Crippen LogP contribution in [0.15, 0.2) is 10.9 Å². The van der Waals surface area contributed by atoms with Crippen molar-refractivity contribution in [2.45, 2.75) is 37.8 Å². The van der Waals surface area contributed by atoms with E-state index in [2.05, 4.69) is 20.6 Å². The molecule has 2 saturated heterocycles. The summed E-state index contributed by atoms with van der Waals surface area (Å²) in [6.07, 6.45) is 3.98. The van der Waals surface area contributed by atoms with Crippen LogP contribution in [-0.4, -0.2) is 41.0 Å². The van der Waals surface area contributed by atoms with Crippen LogP contribution in [0, 0.1) is 0 Å². The molecule has 0 aromatic carbocycles. The van der Waals surface area contributed by atoms with Crippen LogP contribution in [0.2, 0.25) is 0 Å². The van der Waals surface area contributed by atoms with Crippen molar-refractivity contribution in [1.82, 2.24) is 15.2 Å². The molecule has 0 spiro atoms. The maximum atomic E-state index is 11.7. The molecule has 4 nitrogen and oxygen atoms in total. The fraction of sp³-hybridized carbons (Fsp3) is 0.667. The maximum absolute atomic E-state index is 11.7. The van der Waals surface area contributed by atoms with Gasteiger partial charge in [0.2, 0.25) is 5.91 Å². The fourth-order valence-corrected chi connectivity index (χ4v) is 3.51. The second-order valence-electron chi connectivity index (χ2n) is 4.79. The molecule has 1 aromatic rings. The predicted octanol–water partition coefficient (Wildman–Crippen LogP) is 1.04. The van der Waals surface area contributed by atoms with E-state index in [0.717, 1.165) is 25.2 Å². The summed E-state index contributed by atoms with van der Waals surface area (Å²) in [5.74, 6) is 0.332. The summed E-state index contributed by atoms with van der Waals surface area (Å²) in [4.78, 5) is 18.1. The van der Waals surface area contributed by atoms with Gasteiger partial charge >= 0.3 is 0 Å². The lowest BCUT2D eigenvalue weighted by atomic mass is 10.1. The van der Waals surface area contributed by atoms with Crippen molar-refractivity contribution in [2.24, 2.45) is 0 Å². The zero-order valence-electron chi connectivity index (χ0n) is 9.76. The first kappa shape index (κ1) is 11.2. The number of nitrogens with zero attached hydrogens (tertiary/aromatic N) is 2. The lowest BCUT2D eigenvalue weighted by Crippen LogP contribution is -2.40. The predicted molar refractivity (Wildman–Crippen MR) is 67.0 cm³/mol.